The minimum atomic E-state index is -2.97. The molecule has 0 bridgehead atoms. The van der Waals surface area contributed by atoms with Gasteiger partial charge in [0.15, 0.2) is 0 Å². The van der Waals surface area contributed by atoms with E-state index in [2.05, 4.69) is 15.6 Å². The Bertz CT molecular complexity index is 1360. The molecule has 38 heavy (non-hydrogen) atoms. The fourth-order valence-electron chi connectivity index (χ4n) is 6.20. The average molecular weight is 550 g/mol. The van der Waals surface area contributed by atoms with E-state index in [1.54, 1.807) is 6.92 Å². The molecule has 2 saturated heterocycles. The van der Waals surface area contributed by atoms with Gasteiger partial charge >= 0.3 is 0 Å². The van der Waals surface area contributed by atoms with Crippen LogP contribution >= 0.6 is 11.6 Å². The van der Waals surface area contributed by atoms with Crippen LogP contribution in [0.4, 0.5) is 13.2 Å². The van der Waals surface area contributed by atoms with Gasteiger partial charge in [0.1, 0.15) is 23.6 Å². The van der Waals surface area contributed by atoms with Gasteiger partial charge in [0.25, 0.3) is 5.91 Å². The molecular formula is C26H27ClF3N5O3. The van der Waals surface area contributed by atoms with Gasteiger partial charge in [-0.15, -0.1) is 0 Å². The Labute approximate surface area is 221 Å². The minimum absolute atomic E-state index is 0.0216. The summed E-state index contributed by atoms with van der Waals surface area (Å²) < 4.78 is 43.2. The van der Waals surface area contributed by atoms with Crippen LogP contribution in [0.2, 0.25) is 5.02 Å². The molecule has 2 aliphatic heterocycles. The van der Waals surface area contributed by atoms with Crippen molar-refractivity contribution in [2.24, 2.45) is 17.8 Å². The van der Waals surface area contributed by atoms with Crippen molar-refractivity contribution in [3.05, 3.63) is 34.2 Å². The standard InChI is InChI=1S/C26H27ClF3N5O3/c1-12-5-18(28)16-7-19(34-21(16)20(12)27)25(38)35-11-14-8-26(29,30)9-17(14)22(35)24(37)33-15(10-31)6-13-3-2-4-32-23(13)36/h5,7,13-15,17,22,34H,2-4,6,8-9,11H2,1H3,(H,32,36)(H,33,37)/t13-,14-,15-,17-,22+/m0/s1. The number of amides is 3. The number of nitrogens with one attached hydrogen (secondary N) is 3. The molecule has 8 nitrogen and oxygen atoms in total. The van der Waals surface area contributed by atoms with Crippen LogP contribution in [-0.4, -0.2) is 58.7 Å². The highest BCUT2D eigenvalue weighted by molar-refractivity contribution is 6.36. The van der Waals surface area contributed by atoms with E-state index in [4.69, 9.17) is 11.6 Å². The summed E-state index contributed by atoms with van der Waals surface area (Å²) >= 11 is 6.30. The van der Waals surface area contributed by atoms with E-state index in [1.807, 2.05) is 6.07 Å². The number of H-pyrrole nitrogens is 1. The second-order valence-corrected chi connectivity index (χ2v) is 11.0. The number of nitriles is 1. The summed E-state index contributed by atoms with van der Waals surface area (Å²) in [6, 6.07) is 2.26. The smallest absolute Gasteiger partial charge is 0.271 e. The van der Waals surface area contributed by atoms with Crippen LogP contribution in [0.3, 0.4) is 0 Å². The fourth-order valence-corrected chi connectivity index (χ4v) is 6.41. The monoisotopic (exact) mass is 549 g/mol. The first-order valence-corrected chi connectivity index (χ1v) is 13.0. The van der Waals surface area contributed by atoms with Crippen LogP contribution in [0.15, 0.2) is 12.1 Å². The molecule has 0 radical (unpaired) electrons. The van der Waals surface area contributed by atoms with Gasteiger partial charge < -0.3 is 20.5 Å². The lowest BCUT2D eigenvalue weighted by Crippen LogP contribution is -2.52. The van der Waals surface area contributed by atoms with Crippen molar-refractivity contribution in [2.75, 3.05) is 13.1 Å². The number of hydrogen-bond acceptors (Lipinski definition) is 4. The third kappa shape index (κ3) is 4.70. The summed E-state index contributed by atoms with van der Waals surface area (Å²) in [4.78, 5) is 43.3. The van der Waals surface area contributed by atoms with Gasteiger partial charge in [-0.2, -0.15) is 5.26 Å². The Morgan fingerprint density at radius 3 is 2.82 bits per heavy atom. The SMILES string of the molecule is Cc1cc(F)c2cc(C(=O)N3C[C@@H]4CC(F)(F)C[C@@H]4[C@@H]3C(=O)N[C@H](C#N)C[C@@H]3CCCNC3=O)[nH]c2c1Cl. The lowest BCUT2D eigenvalue weighted by atomic mass is 9.90. The average Bonchev–Trinajstić information content (AvgIpc) is 3.53. The Balaban J connectivity index is 1.41. The van der Waals surface area contributed by atoms with Gasteiger partial charge in [0, 0.05) is 37.2 Å². The highest BCUT2D eigenvalue weighted by atomic mass is 35.5. The van der Waals surface area contributed by atoms with Crippen LogP contribution in [0.25, 0.3) is 10.9 Å². The predicted octanol–water partition coefficient (Wildman–Crippen LogP) is 3.68. The quantitative estimate of drug-likeness (QED) is 0.527. The molecule has 1 saturated carbocycles. The summed E-state index contributed by atoms with van der Waals surface area (Å²) in [7, 11) is 0. The molecule has 12 heteroatoms. The van der Waals surface area contributed by atoms with Crippen molar-refractivity contribution in [2.45, 2.75) is 57.0 Å². The molecule has 0 spiro atoms. The summed E-state index contributed by atoms with van der Waals surface area (Å²) in [5.74, 6) is -6.97. The number of hydrogen-bond donors (Lipinski definition) is 3. The maximum Gasteiger partial charge on any atom is 0.271 e. The molecule has 1 aliphatic carbocycles. The molecular weight excluding hydrogens is 523 g/mol. The maximum absolute atomic E-state index is 14.6. The lowest BCUT2D eigenvalue weighted by molar-refractivity contribution is -0.129. The first kappa shape index (κ1) is 26.4. The Hall–Kier alpha value is -3.26. The van der Waals surface area contributed by atoms with Gasteiger partial charge in [-0.1, -0.05) is 11.6 Å². The van der Waals surface area contributed by atoms with E-state index in [0.29, 0.717) is 18.5 Å². The molecule has 5 rings (SSSR count). The highest BCUT2D eigenvalue weighted by Gasteiger charge is 2.58. The second-order valence-electron chi connectivity index (χ2n) is 10.6. The van der Waals surface area contributed by atoms with Crippen molar-refractivity contribution in [1.82, 2.24) is 20.5 Å². The number of aromatic nitrogens is 1. The van der Waals surface area contributed by atoms with E-state index in [9.17, 15) is 32.8 Å². The van der Waals surface area contributed by atoms with Crippen molar-refractivity contribution in [1.29, 1.82) is 5.26 Å². The number of likely N-dealkylation sites (tertiary alicyclic amines) is 1. The Kier molecular flexibility index (Phi) is 6.80. The number of carbonyl (C=O) groups excluding carboxylic acids is 3. The molecule has 1 aromatic carbocycles. The molecule has 2 aromatic rings. The molecule has 1 aromatic heterocycles. The number of nitrogens with zero attached hydrogens (tertiary/aromatic N) is 2. The van der Waals surface area contributed by atoms with E-state index in [0.717, 1.165) is 6.42 Å². The molecule has 3 amide bonds. The maximum atomic E-state index is 14.6. The predicted molar refractivity (Wildman–Crippen MR) is 132 cm³/mol. The lowest BCUT2D eigenvalue weighted by Gasteiger charge is -2.29. The number of rotatable bonds is 5. The number of aromatic amines is 1. The van der Waals surface area contributed by atoms with Crippen LogP contribution in [0, 0.1) is 41.8 Å². The molecule has 202 valence electrons. The zero-order chi connectivity index (χ0) is 27.4. The van der Waals surface area contributed by atoms with E-state index in [1.165, 1.54) is 17.0 Å². The third-order valence-electron chi connectivity index (χ3n) is 8.01. The number of halogens is 4. The zero-order valence-corrected chi connectivity index (χ0v) is 21.4. The summed E-state index contributed by atoms with van der Waals surface area (Å²) in [5.41, 5.74) is 0.684. The number of fused-ring (bicyclic) bond motifs is 2. The topological polar surface area (TPSA) is 118 Å². The molecule has 3 N–H and O–H groups in total. The number of piperidine rings is 1. The van der Waals surface area contributed by atoms with Crippen LogP contribution in [-0.2, 0) is 9.59 Å². The van der Waals surface area contributed by atoms with Gasteiger partial charge in [-0.25, -0.2) is 13.2 Å². The number of aryl methyl sites for hydroxylation is 1. The van der Waals surface area contributed by atoms with Gasteiger partial charge in [-0.05, 0) is 55.7 Å². The fraction of sp³-hybridized carbons (Fsp3) is 0.538. The van der Waals surface area contributed by atoms with Gasteiger partial charge in [0.2, 0.25) is 17.7 Å². The molecule has 3 fully saturated rings. The number of carbonyl (C=O) groups is 3. The molecule has 3 heterocycles. The Morgan fingerprint density at radius 1 is 1.34 bits per heavy atom. The first-order chi connectivity index (χ1) is 18.0. The van der Waals surface area contributed by atoms with E-state index in [-0.39, 0.29) is 40.5 Å². The second kappa shape index (κ2) is 9.80. The first-order valence-electron chi connectivity index (χ1n) is 12.6. The van der Waals surface area contributed by atoms with Crippen molar-refractivity contribution in [3.8, 4) is 6.07 Å². The normalized spacial score (nSPS) is 27.1. The molecule has 3 aliphatic rings. The van der Waals surface area contributed by atoms with Gasteiger partial charge in [-0.3, -0.25) is 14.4 Å². The summed E-state index contributed by atoms with van der Waals surface area (Å²) in [6.07, 6.45) is 0.387. The van der Waals surface area contributed by atoms with Crippen molar-refractivity contribution in [3.63, 3.8) is 0 Å². The molecule has 0 unspecified atom stereocenters. The number of benzene rings is 1. The summed E-state index contributed by atoms with van der Waals surface area (Å²) in [5, 5.41) is 15.3. The van der Waals surface area contributed by atoms with Crippen LogP contribution in [0.1, 0.15) is 48.2 Å². The summed E-state index contributed by atoms with van der Waals surface area (Å²) in [6.45, 7) is 2.10. The van der Waals surface area contributed by atoms with Crippen LogP contribution in [0.5, 0.6) is 0 Å². The minimum Gasteiger partial charge on any atom is -0.356 e. The van der Waals surface area contributed by atoms with Crippen molar-refractivity contribution < 1.29 is 27.6 Å². The Morgan fingerprint density at radius 2 is 2.11 bits per heavy atom. The number of alkyl halides is 2. The van der Waals surface area contributed by atoms with E-state index >= 15 is 0 Å². The van der Waals surface area contributed by atoms with Crippen LogP contribution < -0.4 is 10.6 Å². The van der Waals surface area contributed by atoms with E-state index < -0.39 is 66.2 Å². The molecule has 5 atom stereocenters. The zero-order valence-electron chi connectivity index (χ0n) is 20.6. The van der Waals surface area contributed by atoms with Crippen molar-refractivity contribution >= 4 is 40.2 Å². The third-order valence-corrected chi connectivity index (χ3v) is 8.50. The highest BCUT2D eigenvalue weighted by Crippen LogP contribution is 2.50. The largest absolute Gasteiger partial charge is 0.356 e. The van der Waals surface area contributed by atoms with Gasteiger partial charge in [0.05, 0.1) is 16.6 Å².